The number of aliphatic hydroxyl groups excluding tert-OH is 1. The van der Waals surface area contributed by atoms with Crippen LogP contribution in [0.4, 0.5) is 10.1 Å². The van der Waals surface area contributed by atoms with Gasteiger partial charge in [-0.3, -0.25) is 4.79 Å². The second-order valence-corrected chi connectivity index (χ2v) is 12.0. The third-order valence-electron chi connectivity index (χ3n) is 6.13. The number of aromatic amines is 1. The number of anilines is 1. The third kappa shape index (κ3) is 6.46. The Kier molecular flexibility index (Phi) is 8.41. The molecule has 1 aliphatic heterocycles. The molecule has 8 nitrogen and oxygen atoms in total. The average Bonchev–Trinajstić information content (AvgIpc) is 2.72. The minimum Gasteiger partial charge on any atom is -0.393 e. The fourth-order valence-corrected chi connectivity index (χ4v) is 6.48. The van der Waals surface area contributed by atoms with Crippen LogP contribution in [0, 0.1) is 5.82 Å². The van der Waals surface area contributed by atoms with E-state index in [1.54, 1.807) is 17.8 Å². The quantitative estimate of drug-likeness (QED) is 0.558. The van der Waals surface area contributed by atoms with Crippen LogP contribution < -0.4 is 10.9 Å². The monoisotopic (exact) mass is 500 g/mol. The predicted octanol–water partition coefficient (Wildman–Crippen LogP) is 3.07. The maximum atomic E-state index is 14.7. The van der Waals surface area contributed by atoms with E-state index in [0.29, 0.717) is 35.6 Å². The number of halogens is 1. The molecule has 2 aromatic rings. The Morgan fingerprint density at radius 1 is 1.27 bits per heavy atom. The summed E-state index contributed by atoms with van der Waals surface area (Å²) in [5.74, 6) is 0.350. The SMILES string of the molecule is C.CS(=O)(=O)N1CCC[C@@H](Nc2cc(F)c3c(=O)[nH]c(CSC4CCC(O)CC4)nc3c2)C1. The lowest BCUT2D eigenvalue weighted by Crippen LogP contribution is -2.44. The number of hydrogen-bond acceptors (Lipinski definition) is 7. The zero-order valence-electron chi connectivity index (χ0n) is 18.0. The van der Waals surface area contributed by atoms with Crippen LogP contribution in [-0.4, -0.2) is 64.5 Å². The minimum absolute atomic E-state index is 0. The van der Waals surface area contributed by atoms with Gasteiger partial charge in [0.05, 0.1) is 23.6 Å². The molecule has 0 spiro atoms. The van der Waals surface area contributed by atoms with Crippen molar-refractivity contribution in [3.8, 4) is 0 Å². The van der Waals surface area contributed by atoms with Crippen molar-refractivity contribution in [2.75, 3.05) is 24.7 Å². The Morgan fingerprint density at radius 3 is 2.70 bits per heavy atom. The molecule has 1 atom stereocenters. The molecule has 33 heavy (non-hydrogen) atoms. The Balaban J connectivity index is 0.00000306. The number of piperidine rings is 1. The molecule has 0 radical (unpaired) electrons. The Bertz CT molecular complexity index is 1130. The van der Waals surface area contributed by atoms with E-state index in [9.17, 15) is 22.7 Å². The summed E-state index contributed by atoms with van der Waals surface area (Å²) < 4.78 is 39.9. The minimum atomic E-state index is -3.28. The zero-order valence-corrected chi connectivity index (χ0v) is 19.6. The highest BCUT2D eigenvalue weighted by atomic mass is 32.2. The third-order valence-corrected chi connectivity index (χ3v) is 8.79. The molecular weight excluding hydrogens is 467 g/mol. The molecule has 0 bridgehead atoms. The summed E-state index contributed by atoms with van der Waals surface area (Å²) in [5.41, 5.74) is 0.254. The summed E-state index contributed by atoms with van der Waals surface area (Å²) in [7, 11) is -3.28. The summed E-state index contributed by atoms with van der Waals surface area (Å²) in [6, 6.07) is 2.77. The summed E-state index contributed by atoms with van der Waals surface area (Å²) >= 11 is 1.69. The number of hydrogen-bond donors (Lipinski definition) is 3. The van der Waals surface area contributed by atoms with Crippen LogP contribution >= 0.6 is 11.8 Å². The first-order valence-electron chi connectivity index (χ1n) is 10.9. The van der Waals surface area contributed by atoms with E-state index in [4.69, 9.17) is 0 Å². The molecule has 4 rings (SSSR count). The number of sulfonamides is 1. The summed E-state index contributed by atoms with van der Waals surface area (Å²) in [4.78, 5) is 19.7. The van der Waals surface area contributed by atoms with Gasteiger partial charge in [0.2, 0.25) is 10.0 Å². The van der Waals surface area contributed by atoms with Gasteiger partial charge in [0, 0.05) is 30.1 Å². The highest BCUT2D eigenvalue weighted by Crippen LogP contribution is 2.30. The van der Waals surface area contributed by atoms with Gasteiger partial charge in [-0.05, 0) is 50.7 Å². The van der Waals surface area contributed by atoms with Crippen LogP contribution in [0.5, 0.6) is 0 Å². The van der Waals surface area contributed by atoms with Crippen molar-refractivity contribution >= 4 is 38.4 Å². The normalized spacial score (nSPS) is 24.4. The van der Waals surface area contributed by atoms with E-state index in [1.807, 2.05) is 0 Å². The second kappa shape index (κ2) is 10.7. The Morgan fingerprint density at radius 2 is 2.00 bits per heavy atom. The number of thioether (sulfide) groups is 1. The van der Waals surface area contributed by atoms with E-state index >= 15 is 0 Å². The van der Waals surface area contributed by atoms with Gasteiger partial charge >= 0.3 is 0 Å². The predicted molar refractivity (Wildman–Crippen MR) is 132 cm³/mol. The van der Waals surface area contributed by atoms with E-state index in [-0.39, 0.29) is 30.5 Å². The number of rotatable bonds is 6. The maximum Gasteiger partial charge on any atom is 0.261 e. The van der Waals surface area contributed by atoms with Gasteiger partial charge in [0.15, 0.2) is 0 Å². The van der Waals surface area contributed by atoms with Crippen molar-refractivity contribution in [3.05, 3.63) is 34.1 Å². The molecule has 184 valence electrons. The summed E-state index contributed by atoms with van der Waals surface area (Å²) in [5, 5.41) is 13.2. The smallest absolute Gasteiger partial charge is 0.261 e. The van der Waals surface area contributed by atoms with Gasteiger partial charge in [-0.2, -0.15) is 11.8 Å². The second-order valence-electron chi connectivity index (χ2n) is 8.71. The van der Waals surface area contributed by atoms with Crippen LogP contribution in [-0.2, 0) is 15.8 Å². The van der Waals surface area contributed by atoms with E-state index in [1.165, 1.54) is 16.6 Å². The molecule has 0 amide bonds. The van der Waals surface area contributed by atoms with Crippen LogP contribution in [0.1, 0.15) is 51.8 Å². The molecule has 1 aliphatic carbocycles. The topological polar surface area (TPSA) is 115 Å². The van der Waals surface area contributed by atoms with E-state index < -0.39 is 21.4 Å². The highest BCUT2D eigenvalue weighted by Gasteiger charge is 2.26. The van der Waals surface area contributed by atoms with Crippen molar-refractivity contribution in [2.24, 2.45) is 0 Å². The lowest BCUT2D eigenvalue weighted by atomic mass is 9.97. The van der Waals surface area contributed by atoms with Crippen molar-refractivity contribution in [2.45, 2.75) is 69.1 Å². The van der Waals surface area contributed by atoms with E-state index in [2.05, 4.69) is 15.3 Å². The average molecular weight is 501 g/mol. The van der Waals surface area contributed by atoms with Crippen LogP contribution in [0.2, 0.25) is 0 Å². The molecule has 3 N–H and O–H groups in total. The zero-order chi connectivity index (χ0) is 22.9. The molecule has 1 aromatic carbocycles. The van der Waals surface area contributed by atoms with Crippen molar-refractivity contribution in [1.29, 1.82) is 0 Å². The maximum absolute atomic E-state index is 14.7. The van der Waals surface area contributed by atoms with Gasteiger partial charge < -0.3 is 15.4 Å². The van der Waals surface area contributed by atoms with Gasteiger partial charge in [0.1, 0.15) is 17.0 Å². The Labute approximate surface area is 198 Å². The molecule has 1 saturated carbocycles. The van der Waals surface area contributed by atoms with Crippen LogP contribution in [0.3, 0.4) is 0 Å². The number of nitrogens with one attached hydrogen (secondary N) is 2. The number of fused-ring (bicyclic) bond motifs is 1. The fourth-order valence-electron chi connectivity index (χ4n) is 4.43. The van der Waals surface area contributed by atoms with Crippen molar-refractivity contribution in [3.63, 3.8) is 0 Å². The summed E-state index contributed by atoms with van der Waals surface area (Å²) in [6.45, 7) is 0.806. The number of H-pyrrole nitrogens is 1. The van der Waals surface area contributed by atoms with E-state index in [0.717, 1.165) is 38.5 Å². The first-order valence-corrected chi connectivity index (χ1v) is 13.8. The molecule has 2 fully saturated rings. The van der Waals surface area contributed by atoms with Crippen molar-refractivity contribution < 1.29 is 17.9 Å². The van der Waals surface area contributed by atoms with Gasteiger partial charge in [-0.15, -0.1) is 0 Å². The molecular formula is C22H33FN4O4S2. The van der Waals surface area contributed by atoms with Gasteiger partial charge in [-0.1, -0.05) is 7.43 Å². The van der Waals surface area contributed by atoms with Gasteiger partial charge in [-0.25, -0.2) is 22.1 Å². The molecule has 1 saturated heterocycles. The van der Waals surface area contributed by atoms with Crippen LogP contribution in [0.15, 0.2) is 16.9 Å². The molecule has 1 aromatic heterocycles. The van der Waals surface area contributed by atoms with Crippen molar-refractivity contribution in [1.82, 2.24) is 14.3 Å². The number of benzene rings is 1. The highest BCUT2D eigenvalue weighted by molar-refractivity contribution is 7.99. The standard InChI is InChI=1S/C21H29FN4O4S2.CH4/c1-32(29,30)26-8-2-3-13(11-26)23-14-9-17(22)20-18(10-14)24-19(25-21(20)28)12-31-16-6-4-15(27)5-7-16;/h9-10,13,15-16,23,27H,2-8,11-12H2,1H3,(H,24,25,28);1H4/t13-,15?,16?;/m1./s1. The van der Waals surface area contributed by atoms with Gasteiger partial charge in [0.25, 0.3) is 5.56 Å². The first kappa shape index (κ1) is 25.9. The molecule has 2 aliphatic rings. The first-order chi connectivity index (χ1) is 15.2. The number of nitrogens with zero attached hydrogens (tertiary/aromatic N) is 2. The molecule has 11 heteroatoms. The fraction of sp³-hybridized carbons (Fsp3) is 0.636. The molecule has 2 heterocycles. The number of aromatic nitrogens is 2. The largest absolute Gasteiger partial charge is 0.393 e. The van der Waals surface area contributed by atoms with Crippen LogP contribution in [0.25, 0.3) is 10.9 Å². The lowest BCUT2D eigenvalue weighted by molar-refractivity contribution is 0.132. The number of aliphatic hydroxyl groups is 1. The lowest BCUT2D eigenvalue weighted by Gasteiger charge is -2.32. The molecule has 0 unspecified atom stereocenters. The summed E-state index contributed by atoms with van der Waals surface area (Å²) in [6.07, 6.45) is 5.90. The Hall–Kier alpha value is -1.69.